The van der Waals surface area contributed by atoms with E-state index in [-0.39, 0.29) is 12.8 Å². The third kappa shape index (κ3) is 5.52. The maximum Gasteiger partial charge on any atom is 0.228 e. The molecule has 7 atom stereocenters. The summed E-state index contributed by atoms with van der Waals surface area (Å²) < 4.78 is 16.2. The molecule has 0 amide bonds. The third-order valence-corrected chi connectivity index (χ3v) is 6.23. The van der Waals surface area contributed by atoms with Crippen LogP contribution in [0.4, 0.5) is 0 Å². The number of hydrogen-bond acceptors (Lipinski definition) is 9. The van der Waals surface area contributed by atoms with Crippen molar-refractivity contribution in [2.45, 2.75) is 56.9 Å². The summed E-state index contributed by atoms with van der Waals surface area (Å²) in [4.78, 5) is 11.7. The van der Waals surface area contributed by atoms with E-state index in [2.05, 4.69) is 0 Å². The maximum absolute atomic E-state index is 11.7. The van der Waals surface area contributed by atoms with E-state index in [1.54, 1.807) is 6.66 Å². The molecule has 1 heterocycles. The molecule has 0 spiro atoms. The fraction of sp³-hybridized carbons (Fsp3) is 0.929. The van der Waals surface area contributed by atoms with Gasteiger partial charge in [0.1, 0.15) is 0 Å². The lowest BCUT2D eigenvalue weighted by atomic mass is 9.81. The second-order valence-electron chi connectivity index (χ2n) is 6.19. The van der Waals surface area contributed by atoms with Crippen LogP contribution < -0.4 is 0 Å². The molecule has 0 bridgehead atoms. The van der Waals surface area contributed by atoms with Gasteiger partial charge < -0.3 is 34.2 Å². The lowest BCUT2D eigenvalue weighted by Gasteiger charge is -2.45. The van der Waals surface area contributed by atoms with Crippen LogP contribution >= 0.6 is 6.49 Å². The average molecular weight is 386 g/mol. The van der Waals surface area contributed by atoms with Crippen LogP contribution in [0, 0.1) is 5.92 Å². The van der Waals surface area contributed by atoms with Crippen molar-refractivity contribution in [1.82, 2.24) is 0 Å². The molecule has 1 aliphatic rings. The van der Waals surface area contributed by atoms with Crippen LogP contribution in [0.1, 0.15) is 26.7 Å². The number of aliphatic hydroxyl groups excluding tert-OH is 3. The average Bonchev–Trinajstić information content (AvgIpc) is 2.45. The summed E-state index contributed by atoms with van der Waals surface area (Å²) in [6.45, 7) is 1.28. The molecule has 10 heteroatoms. The molecule has 0 aromatic heterocycles. The van der Waals surface area contributed by atoms with Crippen molar-refractivity contribution < 1.29 is 39.0 Å². The summed E-state index contributed by atoms with van der Waals surface area (Å²) in [7, 11) is 1.41. The number of carbonyl (C=O) groups excluding carboxylic acids is 1. The third-order valence-electron chi connectivity index (χ3n) is 4.18. The smallest absolute Gasteiger partial charge is 0.228 e. The molecule has 24 heavy (non-hydrogen) atoms. The van der Waals surface area contributed by atoms with E-state index in [0.717, 1.165) is 6.92 Å². The van der Waals surface area contributed by atoms with Gasteiger partial charge in [-0.25, -0.2) is 0 Å². The number of rotatable bonds is 8. The van der Waals surface area contributed by atoms with E-state index in [0.29, 0.717) is 0 Å². The molecule has 0 aromatic rings. The van der Waals surface area contributed by atoms with E-state index >= 15 is 0 Å². The summed E-state index contributed by atoms with van der Waals surface area (Å²) in [5.41, 5.74) is 0. The summed E-state index contributed by atoms with van der Waals surface area (Å²) in [6.07, 6.45) is -4.10. The van der Waals surface area contributed by atoms with Crippen LogP contribution in [-0.2, 0) is 30.4 Å². The number of ketones is 1. The Hall–Kier alpha value is 0.0400. The largest absolute Gasteiger partial charge is 0.394 e. The second kappa shape index (κ2) is 8.62. The van der Waals surface area contributed by atoms with Gasteiger partial charge in [-0.15, -0.1) is 0 Å². The monoisotopic (exact) mass is 386 g/mol. The molecule has 0 aromatic carbocycles. The Morgan fingerprint density at radius 3 is 2.54 bits per heavy atom. The standard InChI is InChI=1S/C14H27O8PS/c1-8(16)13-11(18)6-14(19,9(2)17)21-12(13)5-10(7-15)22-23(4,24)20-3/h8,10-13,15-16,18-19H,5-7H2,1-4H3/t8-,10+,11?,12?,13?,14?,23?/m1/s1. The van der Waals surface area contributed by atoms with Crippen LogP contribution in [0.15, 0.2) is 0 Å². The molecule has 142 valence electrons. The first-order valence-electron chi connectivity index (χ1n) is 7.65. The van der Waals surface area contributed by atoms with Gasteiger partial charge in [0.15, 0.2) is 12.3 Å². The maximum atomic E-state index is 11.7. The second-order valence-corrected chi connectivity index (χ2v) is 10.3. The lowest BCUT2D eigenvalue weighted by Crippen LogP contribution is -2.58. The molecule has 1 fully saturated rings. The first kappa shape index (κ1) is 22.1. The number of Topliss-reactive ketones (excluding diaryl/α,β-unsaturated/α-hetero) is 1. The van der Waals surface area contributed by atoms with Gasteiger partial charge in [-0.3, -0.25) is 4.79 Å². The number of ether oxygens (including phenoxy) is 1. The van der Waals surface area contributed by atoms with Gasteiger partial charge >= 0.3 is 0 Å². The van der Waals surface area contributed by atoms with E-state index in [1.807, 2.05) is 0 Å². The highest BCUT2D eigenvalue weighted by atomic mass is 32.5. The fourth-order valence-corrected chi connectivity index (χ4v) is 3.98. The van der Waals surface area contributed by atoms with Gasteiger partial charge in [0.05, 0.1) is 31.0 Å². The van der Waals surface area contributed by atoms with E-state index < -0.39 is 55.0 Å². The van der Waals surface area contributed by atoms with Crippen molar-refractivity contribution >= 4 is 24.1 Å². The predicted molar refractivity (Wildman–Crippen MR) is 90.1 cm³/mol. The highest BCUT2D eigenvalue weighted by Gasteiger charge is 2.50. The predicted octanol–water partition coefficient (Wildman–Crippen LogP) is -0.236. The SMILES string of the molecule is COP(C)(=S)O[C@H](CO)CC1OC(O)(C(C)=O)CC(O)C1[C@@H](C)O. The Balaban J connectivity index is 3.00. The molecular formula is C14H27O8PS. The van der Waals surface area contributed by atoms with E-state index in [9.17, 15) is 25.2 Å². The molecule has 4 N–H and O–H groups in total. The van der Waals surface area contributed by atoms with E-state index in [1.165, 1.54) is 14.0 Å². The van der Waals surface area contributed by atoms with Crippen LogP contribution in [0.2, 0.25) is 0 Å². The van der Waals surface area contributed by atoms with Gasteiger partial charge in [0, 0.05) is 39.5 Å². The van der Waals surface area contributed by atoms with Crippen molar-refractivity contribution in [3.8, 4) is 0 Å². The van der Waals surface area contributed by atoms with Gasteiger partial charge in [0.2, 0.25) is 5.79 Å². The van der Waals surface area contributed by atoms with Gasteiger partial charge in [0.25, 0.3) is 0 Å². The molecule has 8 nitrogen and oxygen atoms in total. The normalized spacial score (nSPS) is 35.9. The van der Waals surface area contributed by atoms with E-state index in [4.69, 9.17) is 25.6 Å². The highest BCUT2D eigenvalue weighted by molar-refractivity contribution is 8.09. The minimum atomic E-state index is -2.56. The van der Waals surface area contributed by atoms with Crippen LogP contribution in [0.5, 0.6) is 0 Å². The first-order valence-corrected chi connectivity index (χ1v) is 10.7. The molecule has 1 rings (SSSR count). The first-order chi connectivity index (χ1) is 11.0. The van der Waals surface area contributed by atoms with Gasteiger partial charge in [-0.05, 0) is 18.7 Å². The Kier molecular flexibility index (Phi) is 7.93. The van der Waals surface area contributed by atoms with Crippen molar-refractivity contribution in [3.05, 3.63) is 0 Å². The molecule has 0 aliphatic carbocycles. The number of carbonyl (C=O) groups is 1. The minimum Gasteiger partial charge on any atom is -0.394 e. The topological polar surface area (TPSA) is 126 Å². The highest BCUT2D eigenvalue weighted by Crippen LogP contribution is 2.46. The van der Waals surface area contributed by atoms with Crippen molar-refractivity contribution in [1.29, 1.82) is 0 Å². The Morgan fingerprint density at radius 1 is 1.54 bits per heavy atom. The summed E-state index contributed by atoms with van der Waals surface area (Å²) >= 11 is 5.16. The summed E-state index contributed by atoms with van der Waals surface area (Å²) in [5.74, 6) is -3.53. The molecule has 1 saturated heterocycles. The Morgan fingerprint density at radius 2 is 2.12 bits per heavy atom. The molecule has 0 saturated carbocycles. The van der Waals surface area contributed by atoms with Crippen molar-refractivity contribution in [2.24, 2.45) is 5.92 Å². The molecule has 0 radical (unpaired) electrons. The fourth-order valence-electron chi connectivity index (χ4n) is 2.83. The number of aliphatic hydroxyl groups is 4. The summed E-state index contributed by atoms with van der Waals surface area (Å²) in [5, 5.41) is 40.0. The van der Waals surface area contributed by atoms with Crippen LogP contribution in [0.25, 0.3) is 0 Å². The lowest BCUT2D eigenvalue weighted by molar-refractivity contribution is -0.284. The molecule has 5 unspecified atom stereocenters. The molecule has 1 aliphatic heterocycles. The zero-order valence-electron chi connectivity index (χ0n) is 14.3. The van der Waals surface area contributed by atoms with Gasteiger partial charge in [-0.1, -0.05) is 0 Å². The zero-order valence-corrected chi connectivity index (χ0v) is 16.0. The van der Waals surface area contributed by atoms with Crippen LogP contribution in [0.3, 0.4) is 0 Å². The van der Waals surface area contributed by atoms with Crippen molar-refractivity contribution in [3.63, 3.8) is 0 Å². The van der Waals surface area contributed by atoms with Crippen LogP contribution in [-0.4, -0.2) is 76.8 Å². The number of hydrogen-bond donors (Lipinski definition) is 4. The van der Waals surface area contributed by atoms with Gasteiger partial charge in [-0.2, -0.15) is 0 Å². The zero-order chi connectivity index (χ0) is 18.7. The minimum absolute atomic E-state index is 0.0221. The Labute approximate surface area is 146 Å². The summed E-state index contributed by atoms with van der Waals surface area (Å²) in [6, 6.07) is 0. The molecular weight excluding hydrogens is 359 g/mol. The Bertz CT molecular complexity index is 487. The quantitative estimate of drug-likeness (QED) is 0.418. The van der Waals surface area contributed by atoms with Crippen molar-refractivity contribution in [2.75, 3.05) is 20.4 Å².